The van der Waals surface area contributed by atoms with E-state index in [0.717, 1.165) is 5.56 Å². The van der Waals surface area contributed by atoms with Crippen LogP contribution in [0.2, 0.25) is 0 Å². The van der Waals surface area contributed by atoms with E-state index in [1.807, 2.05) is 0 Å². The lowest BCUT2D eigenvalue weighted by molar-refractivity contribution is 0.625. The third-order valence-electron chi connectivity index (χ3n) is 2.42. The largest absolute Gasteiger partial charge is 0.294 e. The van der Waals surface area contributed by atoms with Gasteiger partial charge in [-0.3, -0.25) is 9.36 Å². The molecule has 1 aromatic carbocycles. The maximum atomic E-state index is 12.7. The van der Waals surface area contributed by atoms with Crippen molar-refractivity contribution >= 4 is 15.9 Å². The first-order valence-corrected chi connectivity index (χ1v) is 5.83. The number of aromatic nitrogens is 2. The second-order valence-corrected chi connectivity index (χ2v) is 4.50. The van der Waals surface area contributed by atoms with Gasteiger partial charge in [0.25, 0.3) is 5.56 Å². The molecule has 0 amide bonds. The molecule has 0 fully saturated rings. The van der Waals surface area contributed by atoms with Gasteiger partial charge in [-0.25, -0.2) is 9.37 Å². The molecule has 17 heavy (non-hydrogen) atoms. The number of nitrogens with zero attached hydrogens (tertiary/aromatic N) is 2. The standard InChI is InChI=1S/C12H10BrFN2O/c1-8-11(13)12(17)16(7-15-8)6-9-2-4-10(14)5-3-9/h2-5,7H,6H2,1H3. The van der Waals surface area contributed by atoms with E-state index < -0.39 is 0 Å². The number of benzene rings is 1. The zero-order chi connectivity index (χ0) is 12.4. The van der Waals surface area contributed by atoms with Crippen LogP contribution in [0, 0.1) is 12.7 Å². The maximum absolute atomic E-state index is 12.7. The van der Waals surface area contributed by atoms with Crippen molar-refractivity contribution in [1.29, 1.82) is 0 Å². The molecule has 0 aliphatic rings. The Hall–Kier alpha value is -1.49. The fraction of sp³-hybridized carbons (Fsp3) is 0.167. The molecule has 2 rings (SSSR count). The van der Waals surface area contributed by atoms with Crippen molar-refractivity contribution in [2.75, 3.05) is 0 Å². The Morgan fingerprint density at radius 2 is 2.00 bits per heavy atom. The average molecular weight is 297 g/mol. The van der Waals surface area contributed by atoms with Crippen molar-refractivity contribution in [2.45, 2.75) is 13.5 Å². The van der Waals surface area contributed by atoms with Crippen molar-refractivity contribution in [1.82, 2.24) is 9.55 Å². The summed E-state index contributed by atoms with van der Waals surface area (Å²) in [6.07, 6.45) is 1.49. The molecule has 5 heteroatoms. The molecule has 0 unspecified atom stereocenters. The minimum Gasteiger partial charge on any atom is -0.294 e. The first kappa shape index (κ1) is 12.0. The summed E-state index contributed by atoms with van der Waals surface area (Å²) in [7, 11) is 0. The lowest BCUT2D eigenvalue weighted by Gasteiger charge is -2.06. The Balaban J connectivity index is 2.34. The molecule has 0 N–H and O–H groups in total. The van der Waals surface area contributed by atoms with E-state index in [1.54, 1.807) is 19.1 Å². The van der Waals surface area contributed by atoms with Gasteiger partial charge in [-0.1, -0.05) is 12.1 Å². The highest BCUT2D eigenvalue weighted by molar-refractivity contribution is 9.10. The van der Waals surface area contributed by atoms with Crippen LogP contribution < -0.4 is 5.56 Å². The summed E-state index contributed by atoms with van der Waals surface area (Å²) in [4.78, 5) is 16.0. The molecular formula is C12H10BrFN2O. The molecule has 2 aromatic rings. The predicted molar refractivity (Wildman–Crippen MR) is 66.4 cm³/mol. The average Bonchev–Trinajstić information content (AvgIpc) is 2.33. The number of halogens is 2. The topological polar surface area (TPSA) is 34.9 Å². The zero-order valence-corrected chi connectivity index (χ0v) is 10.7. The van der Waals surface area contributed by atoms with Crippen LogP contribution in [0.5, 0.6) is 0 Å². The van der Waals surface area contributed by atoms with Crippen molar-refractivity contribution in [3.8, 4) is 0 Å². The van der Waals surface area contributed by atoms with E-state index in [-0.39, 0.29) is 11.4 Å². The van der Waals surface area contributed by atoms with Crippen LogP contribution in [0.15, 0.2) is 39.9 Å². The Morgan fingerprint density at radius 1 is 1.35 bits per heavy atom. The fourth-order valence-corrected chi connectivity index (χ4v) is 1.78. The molecule has 0 bridgehead atoms. The Bertz CT molecular complexity index is 592. The summed E-state index contributed by atoms with van der Waals surface area (Å²) in [5.41, 5.74) is 1.37. The monoisotopic (exact) mass is 296 g/mol. The quantitative estimate of drug-likeness (QED) is 0.853. The molecule has 0 aliphatic carbocycles. The number of hydrogen-bond donors (Lipinski definition) is 0. The fourth-order valence-electron chi connectivity index (χ4n) is 1.45. The highest BCUT2D eigenvalue weighted by Crippen LogP contribution is 2.08. The number of rotatable bonds is 2. The molecule has 88 valence electrons. The second kappa shape index (κ2) is 4.79. The van der Waals surface area contributed by atoms with Gasteiger partial charge in [0, 0.05) is 0 Å². The van der Waals surface area contributed by atoms with Crippen LogP contribution >= 0.6 is 15.9 Å². The third kappa shape index (κ3) is 2.61. The molecule has 0 atom stereocenters. The van der Waals surface area contributed by atoms with E-state index in [2.05, 4.69) is 20.9 Å². The van der Waals surface area contributed by atoms with Crippen molar-refractivity contribution in [3.63, 3.8) is 0 Å². The summed E-state index contributed by atoms with van der Waals surface area (Å²) >= 11 is 3.20. The number of hydrogen-bond acceptors (Lipinski definition) is 2. The van der Waals surface area contributed by atoms with Gasteiger partial charge in [-0.05, 0) is 40.5 Å². The van der Waals surface area contributed by atoms with Gasteiger partial charge in [0.2, 0.25) is 0 Å². The van der Waals surface area contributed by atoms with Gasteiger partial charge in [-0.15, -0.1) is 0 Å². The van der Waals surface area contributed by atoms with Gasteiger partial charge in [0.15, 0.2) is 0 Å². The smallest absolute Gasteiger partial charge is 0.268 e. The minimum absolute atomic E-state index is 0.137. The van der Waals surface area contributed by atoms with Crippen molar-refractivity contribution < 1.29 is 4.39 Å². The molecule has 0 spiro atoms. The molecule has 3 nitrogen and oxygen atoms in total. The third-order valence-corrected chi connectivity index (χ3v) is 3.34. The van der Waals surface area contributed by atoms with Gasteiger partial charge >= 0.3 is 0 Å². The summed E-state index contributed by atoms with van der Waals surface area (Å²) in [5.74, 6) is -0.288. The Kier molecular flexibility index (Phi) is 3.38. The maximum Gasteiger partial charge on any atom is 0.268 e. The molecular weight excluding hydrogens is 287 g/mol. The summed E-state index contributed by atoms with van der Waals surface area (Å²) < 4.78 is 14.7. The van der Waals surface area contributed by atoms with E-state index in [0.29, 0.717) is 16.7 Å². The lowest BCUT2D eigenvalue weighted by atomic mass is 10.2. The van der Waals surface area contributed by atoms with Gasteiger partial charge in [0.1, 0.15) is 10.3 Å². The van der Waals surface area contributed by atoms with Crippen LogP contribution in [0.1, 0.15) is 11.3 Å². The molecule has 0 aliphatic heterocycles. The molecule has 0 saturated heterocycles. The summed E-state index contributed by atoms with van der Waals surface area (Å²) in [6.45, 7) is 2.14. The Morgan fingerprint density at radius 3 is 2.65 bits per heavy atom. The van der Waals surface area contributed by atoms with Crippen LogP contribution in [-0.4, -0.2) is 9.55 Å². The highest BCUT2D eigenvalue weighted by atomic mass is 79.9. The van der Waals surface area contributed by atoms with Gasteiger partial charge < -0.3 is 0 Å². The van der Waals surface area contributed by atoms with Crippen LogP contribution in [0.4, 0.5) is 4.39 Å². The molecule has 1 aromatic heterocycles. The summed E-state index contributed by atoms with van der Waals surface area (Å²) in [6, 6.07) is 6.04. The predicted octanol–water partition coefficient (Wildman–Crippen LogP) is 2.50. The first-order valence-electron chi connectivity index (χ1n) is 5.04. The van der Waals surface area contributed by atoms with E-state index >= 15 is 0 Å². The van der Waals surface area contributed by atoms with E-state index in [1.165, 1.54) is 23.0 Å². The second-order valence-electron chi connectivity index (χ2n) is 3.70. The molecule has 1 heterocycles. The molecule has 0 saturated carbocycles. The van der Waals surface area contributed by atoms with Crippen LogP contribution in [0.3, 0.4) is 0 Å². The lowest BCUT2D eigenvalue weighted by Crippen LogP contribution is -2.22. The normalized spacial score (nSPS) is 10.5. The van der Waals surface area contributed by atoms with Gasteiger partial charge in [0.05, 0.1) is 18.6 Å². The zero-order valence-electron chi connectivity index (χ0n) is 9.15. The minimum atomic E-state index is -0.288. The Labute approximate surface area is 106 Å². The van der Waals surface area contributed by atoms with Crippen molar-refractivity contribution in [3.05, 3.63) is 62.5 Å². The number of aryl methyl sites for hydroxylation is 1. The SMILES string of the molecule is Cc1ncn(Cc2ccc(F)cc2)c(=O)c1Br. The van der Waals surface area contributed by atoms with E-state index in [9.17, 15) is 9.18 Å². The first-order chi connectivity index (χ1) is 8.08. The summed E-state index contributed by atoms with van der Waals surface area (Å²) in [5, 5.41) is 0. The van der Waals surface area contributed by atoms with Gasteiger partial charge in [-0.2, -0.15) is 0 Å². The van der Waals surface area contributed by atoms with Crippen LogP contribution in [0.25, 0.3) is 0 Å². The van der Waals surface area contributed by atoms with Crippen LogP contribution in [-0.2, 0) is 6.54 Å². The van der Waals surface area contributed by atoms with Crippen molar-refractivity contribution in [2.24, 2.45) is 0 Å². The molecule has 0 radical (unpaired) electrons. The highest BCUT2D eigenvalue weighted by Gasteiger charge is 2.05. The van der Waals surface area contributed by atoms with E-state index in [4.69, 9.17) is 0 Å².